The van der Waals surface area contributed by atoms with Crippen LogP contribution in [0, 0.1) is 6.92 Å². The van der Waals surface area contributed by atoms with Gasteiger partial charge in [0.25, 0.3) is 5.91 Å². The van der Waals surface area contributed by atoms with Gasteiger partial charge in [0.2, 0.25) is 10.0 Å². The summed E-state index contributed by atoms with van der Waals surface area (Å²) < 4.78 is 27.6. The van der Waals surface area contributed by atoms with Crippen molar-refractivity contribution in [2.45, 2.75) is 30.7 Å². The Morgan fingerprint density at radius 1 is 1.43 bits per heavy atom. The van der Waals surface area contributed by atoms with Crippen LogP contribution < -0.4 is 10.0 Å². The van der Waals surface area contributed by atoms with Crippen LogP contribution in [0.3, 0.4) is 0 Å². The Hall–Kier alpha value is -1.18. The smallest absolute Gasteiger partial charge is 0.251 e. The van der Waals surface area contributed by atoms with E-state index in [-0.39, 0.29) is 23.4 Å². The summed E-state index contributed by atoms with van der Waals surface area (Å²) in [5.74, 6) is -0.323. The first-order chi connectivity index (χ1) is 9.79. The van der Waals surface area contributed by atoms with Crippen molar-refractivity contribution in [2.75, 3.05) is 6.54 Å². The molecular weight excluding hydrogens is 356 g/mol. The summed E-state index contributed by atoms with van der Waals surface area (Å²) in [6, 6.07) is 4.59. The molecule has 1 fully saturated rings. The predicted molar refractivity (Wildman–Crippen MR) is 84.9 cm³/mol. The van der Waals surface area contributed by atoms with Crippen molar-refractivity contribution in [2.24, 2.45) is 0 Å². The molecule has 1 saturated carbocycles. The van der Waals surface area contributed by atoms with Gasteiger partial charge in [-0.3, -0.25) is 4.79 Å². The third kappa shape index (κ3) is 4.39. The van der Waals surface area contributed by atoms with Crippen LogP contribution in [0.15, 0.2) is 34.2 Å². The largest absolute Gasteiger partial charge is 0.347 e. The second kappa shape index (κ2) is 6.29. The van der Waals surface area contributed by atoms with E-state index < -0.39 is 10.0 Å². The van der Waals surface area contributed by atoms with Crippen LogP contribution in [-0.4, -0.2) is 26.9 Å². The van der Waals surface area contributed by atoms with Gasteiger partial charge in [0.15, 0.2) is 0 Å². The molecule has 0 spiro atoms. The molecule has 2 N–H and O–H groups in total. The highest BCUT2D eigenvalue weighted by Gasteiger charge is 2.28. The molecule has 7 heteroatoms. The van der Waals surface area contributed by atoms with Crippen molar-refractivity contribution < 1.29 is 13.2 Å². The third-order valence-corrected chi connectivity index (χ3v) is 4.90. The standard InChI is InChI=1S/C14H17BrN2O3S/c1-9-3-6-12(21(19,20)17-11-4-5-11)7-13(9)14(18)16-8-10(2)15/h3,6-7,11,17H,2,4-5,8H2,1H3,(H,16,18). The van der Waals surface area contributed by atoms with Crippen molar-refractivity contribution in [3.63, 3.8) is 0 Å². The van der Waals surface area contributed by atoms with E-state index in [2.05, 4.69) is 32.5 Å². The molecular formula is C14H17BrN2O3S. The highest BCUT2D eigenvalue weighted by Crippen LogP contribution is 2.23. The number of hydrogen-bond donors (Lipinski definition) is 2. The Morgan fingerprint density at radius 3 is 2.67 bits per heavy atom. The summed E-state index contributed by atoms with van der Waals surface area (Å²) in [5, 5.41) is 2.67. The van der Waals surface area contributed by atoms with E-state index in [1.165, 1.54) is 12.1 Å². The summed E-state index contributed by atoms with van der Waals surface area (Å²) in [6.45, 7) is 5.69. The molecule has 1 aliphatic rings. The maximum absolute atomic E-state index is 12.2. The highest BCUT2D eigenvalue weighted by atomic mass is 79.9. The molecule has 0 atom stereocenters. The fraction of sp³-hybridized carbons (Fsp3) is 0.357. The quantitative estimate of drug-likeness (QED) is 0.802. The van der Waals surface area contributed by atoms with E-state index in [0.717, 1.165) is 18.4 Å². The molecule has 114 valence electrons. The van der Waals surface area contributed by atoms with Gasteiger partial charge in [-0.2, -0.15) is 0 Å². The van der Waals surface area contributed by atoms with Crippen molar-refractivity contribution in [3.05, 3.63) is 40.4 Å². The Morgan fingerprint density at radius 2 is 2.10 bits per heavy atom. The van der Waals surface area contributed by atoms with Gasteiger partial charge in [-0.05, 0) is 37.5 Å². The minimum atomic E-state index is -3.56. The van der Waals surface area contributed by atoms with Crippen LogP contribution >= 0.6 is 15.9 Å². The summed E-state index contributed by atoms with van der Waals surface area (Å²) in [6.07, 6.45) is 1.73. The normalized spacial score (nSPS) is 14.8. The van der Waals surface area contributed by atoms with Crippen LogP contribution in [0.2, 0.25) is 0 Å². The summed E-state index contributed by atoms with van der Waals surface area (Å²) in [4.78, 5) is 12.2. The number of amides is 1. The lowest BCUT2D eigenvalue weighted by Crippen LogP contribution is -2.28. The highest BCUT2D eigenvalue weighted by molar-refractivity contribution is 9.11. The van der Waals surface area contributed by atoms with Crippen molar-refractivity contribution in [1.82, 2.24) is 10.0 Å². The lowest BCUT2D eigenvalue weighted by atomic mass is 10.1. The molecule has 1 amide bonds. The fourth-order valence-electron chi connectivity index (χ4n) is 1.77. The average Bonchev–Trinajstić information content (AvgIpc) is 3.19. The minimum Gasteiger partial charge on any atom is -0.347 e. The number of halogens is 1. The molecule has 1 aromatic carbocycles. The molecule has 0 aromatic heterocycles. The Labute approximate surface area is 133 Å². The van der Waals surface area contributed by atoms with E-state index in [4.69, 9.17) is 0 Å². The number of rotatable bonds is 6. The molecule has 5 nitrogen and oxygen atoms in total. The number of carbonyl (C=O) groups is 1. The van der Waals surface area contributed by atoms with E-state index >= 15 is 0 Å². The van der Waals surface area contributed by atoms with Gasteiger partial charge in [-0.15, -0.1) is 0 Å². The molecule has 21 heavy (non-hydrogen) atoms. The zero-order chi connectivity index (χ0) is 15.6. The number of nitrogens with one attached hydrogen (secondary N) is 2. The van der Waals surface area contributed by atoms with Gasteiger partial charge in [0, 0.05) is 22.6 Å². The molecule has 1 aromatic rings. The molecule has 0 aliphatic heterocycles. The van der Waals surface area contributed by atoms with Crippen molar-refractivity contribution in [1.29, 1.82) is 0 Å². The van der Waals surface area contributed by atoms with Gasteiger partial charge < -0.3 is 5.32 Å². The number of carbonyl (C=O) groups excluding carboxylic acids is 1. The summed E-state index contributed by atoms with van der Waals surface area (Å²) in [5.41, 5.74) is 1.07. The Kier molecular flexibility index (Phi) is 4.85. The van der Waals surface area contributed by atoms with Crippen LogP contribution in [0.4, 0.5) is 0 Å². The first-order valence-electron chi connectivity index (χ1n) is 6.54. The molecule has 0 heterocycles. The Balaban J connectivity index is 2.24. The lowest BCUT2D eigenvalue weighted by Gasteiger charge is -2.10. The minimum absolute atomic E-state index is 0.0327. The van der Waals surface area contributed by atoms with Gasteiger partial charge in [0.05, 0.1) is 4.90 Å². The van der Waals surface area contributed by atoms with E-state index in [1.54, 1.807) is 13.0 Å². The van der Waals surface area contributed by atoms with Crippen LogP contribution in [0.1, 0.15) is 28.8 Å². The second-order valence-corrected chi connectivity index (χ2v) is 7.91. The maximum Gasteiger partial charge on any atom is 0.251 e. The molecule has 2 rings (SSSR count). The van der Waals surface area contributed by atoms with Crippen LogP contribution in [0.25, 0.3) is 0 Å². The SMILES string of the molecule is C=C(Br)CNC(=O)c1cc(S(=O)(=O)NC2CC2)ccc1C. The number of benzene rings is 1. The van der Waals surface area contributed by atoms with Gasteiger partial charge >= 0.3 is 0 Å². The summed E-state index contributed by atoms with van der Waals surface area (Å²) in [7, 11) is -3.56. The van der Waals surface area contributed by atoms with E-state index in [1.807, 2.05) is 0 Å². The molecule has 0 unspecified atom stereocenters. The molecule has 0 saturated heterocycles. The zero-order valence-electron chi connectivity index (χ0n) is 11.6. The van der Waals surface area contributed by atoms with Crippen LogP contribution in [0.5, 0.6) is 0 Å². The van der Waals surface area contributed by atoms with E-state index in [0.29, 0.717) is 10.0 Å². The number of sulfonamides is 1. The first kappa shape index (κ1) is 16.2. The van der Waals surface area contributed by atoms with Gasteiger partial charge in [0.1, 0.15) is 0 Å². The second-order valence-electron chi connectivity index (χ2n) is 5.07. The lowest BCUT2D eigenvalue weighted by molar-refractivity contribution is 0.0957. The number of hydrogen-bond acceptors (Lipinski definition) is 3. The number of aryl methyl sites for hydroxylation is 1. The van der Waals surface area contributed by atoms with Crippen LogP contribution in [-0.2, 0) is 10.0 Å². The third-order valence-electron chi connectivity index (χ3n) is 3.10. The Bertz CT molecular complexity index is 681. The van der Waals surface area contributed by atoms with Gasteiger partial charge in [-0.25, -0.2) is 13.1 Å². The average molecular weight is 373 g/mol. The van der Waals surface area contributed by atoms with E-state index in [9.17, 15) is 13.2 Å². The maximum atomic E-state index is 12.2. The van der Waals surface area contributed by atoms with Crippen molar-refractivity contribution in [3.8, 4) is 0 Å². The first-order valence-corrected chi connectivity index (χ1v) is 8.81. The van der Waals surface area contributed by atoms with Gasteiger partial charge in [-0.1, -0.05) is 28.6 Å². The monoisotopic (exact) mass is 372 g/mol. The topological polar surface area (TPSA) is 75.3 Å². The fourth-order valence-corrected chi connectivity index (χ4v) is 3.24. The summed E-state index contributed by atoms with van der Waals surface area (Å²) >= 11 is 3.16. The molecule has 0 radical (unpaired) electrons. The zero-order valence-corrected chi connectivity index (χ0v) is 14.1. The predicted octanol–water partition coefficient (Wildman–Crippen LogP) is 2.07. The molecule has 0 bridgehead atoms. The molecule has 1 aliphatic carbocycles. The van der Waals surface area contributed by atoms with Crippen molar-refractivity contribution >= 4 is 31.9 Å².